The van der Waals surface area contributed by atoms with E-state index in [9.17, 15) is 14.0 Å². The number of hydrogen-bond acceptors (Lipinski definition) is 4. The molecule has 0 aliphatic carbocycles. The second-order valence-electron chi connectivity index (χ2n) is 3.70. The summed E-state index contributed by atoms with van der Waals surface area (Å²) >= 11 is 0. The van der Waals surface area contributed by atoms with Crippen LogP contribution in [0.1, 0.15) is 23.1 Å². The molecule has 1 aromatic heterocycles. The third-order valence-corrected chi connectivity index (χ3v) is 2.43. The lowest BCUT2D eigenvalue weighted by atomic mass is 10.2. The van der Waals surface area contributed by atoms with E-state index in [1.807, 2.05) is 0 Å². The van der Waals surface area contributed by atoms with Crippen molar-refractivity contribution in [3.8, 4) is 0 Å². The smallest absolute Gasteiger partial charge is 0.303 e. The Bertz CT molecular complexity index is 441. The molecule has 5 nitrogen and oxygen atoms in total. The summed E-state index contributed by atoms with van der Waals surface area (Å²) in [6, 6.07) is 0. The second-order valence-corrected chi connectivity index (χ2v) is 3.70. The van der Waals surface area contributed by atoms with Gasteiger partial charge in [0.15, 0.2) is 6.61 Å². The number of aromatic nitrogens is 2. The Morgan fingerprint density at radius 2 is 2.44 bits per heavy atom. The van der Waals surface area contributed by atoms with E-state index in [2.05, 4.69) is 9.72 Å². The number of nitrogens with zero attached hydrogens (tertiary/aromatic N) is 2. The first-order chi connectivity index (χ1) is 7.58. The maximum absolute atomic E-state index is 13.1. The van der Waals surface area contributed by atoms with E-state index in [4.69, 9.17) is 0 Å². The fraction of sp³-hybridized carbons (Fsp3) is 0.500. The number of alkyl halides is 1. The molecule has 0 aromatic carbocycles. The Hall–Kier alpha value is -1.72. The van der Waals surface area contributed by atoms with Crippen molar-refractivity contribution in [1.29, 1.82) is 0 Å². The van der Waals surface area contributed by atoms with E-state index < -0.39 is 17.9 Å². The van der Waals surface area contributed by atoms with Crippen LogP contribution in [0.2, 0.25) is 0 Å². The van der Waals surface area contributed by atoms with Gasteiger partial charge in [-0.05, 0) is 0 Å². The number of ketones is 1. The highest BCUT2D eigenvalue weighted by Crippen LogP contribution is 2.20. The van der Waals surface area contributed by atoms with Gasteiger partial charge in [0, 0.05) is 13.3 Å². The van der Waals surface area contributed by atoms with Crippen LogP contribution in [0.3, 0.4) is 0 Å². The molecule has 0 spiro atoms. The van der Waals surface area contributed by atoms with Gasteiger partial charge < -0.3 is 9.30 Å². The van der Waals surface area contributed by atoms with E-state index in [1.165, 1.54) is 13.3 Å². The fourth-order valence-corrected chi connectivity index (χ4v) is 1.74. The SMILES string of the molecule is CC(=O)OCC(=O)c1ncn2c1C[C@@H](F)C2. The standard InChI is InChI=1S/C10H11FN2O3/c1-6(14)16-4-9(15)10-8-2-7(11)3-13(8)5-12-10/h5,7H,2-4H2,1H3/t7-/m1/s1. The number of rotatable bonds is 3. The molecule has 0 saturated carbocycles. The molecule has 2 heterocycles. The molecule has 0 N–H and O–H groups in total. The van der Waals surface area contributed by atoms with Crippen LogP contribution in [0.4, 0.5) is 4.39 Å². The van der Waals surface area contributed by atoms with Gasteiger partial charge in [-0.25, -0.2) is 9.37 Å². The number of carbonyl (C=O) groups is 2. The molecular weight excluding hydrogens is 215 g/mol. The highest BCUT2D eigenvalue weighted by atomic mass is 19.1. The number of carbonyl (C=O) groups excluding carboxylic acids is 2. The van der Waals surface area contributed by atoms with Crippen molar-refractivity contribution in [3.63, 3.8) is 0 Å². The first-order valence-electron chi connectivity index (χ1n) is 4.92. The van der Waals surface area contributed by atoms with Crippen molar-refractivity contribution in [2.24, 2.45) is 0 Å². The zero-order chi connectivity index (χ0) is 11.7. The van der Waals surface area contributed by atoms with Gasteiger partial charge in [-0.1, -0.05) is 0 Å². The lowest BCUT2D eigenvalue weighted by molar-refractivity contribution is -0.139. The van der Waals surface area contributed by atoms with E-state index in [1.54, 1.807) is 4.57 Å². The van der Waals surface area contributed by atoms with Crippen LogP contribution in [0.5, 0.6) is 0 Å². The summed E-state index contributed by atoms with van der Waals surface area (Å²) < 4.78 is 19.3. The van der Waals surface area contributed by atoms with Crippen LogP contribution in [0.15, 0.2) is 6.33 Å². The van der Waals surface area contributed by atoms with Crippen LogP contribution < -0.4 is 0 Å². The molecule has 0 amide bonds. The molecule has 1 aromatic rings. The molecule has 1 atom stereocenters. The zero-order valence-corrected chi connectivity index (χ0v) is 8.77. The van der Waals surface area contributed by atoms with E-state index in [0.29, 0.717) is 5.69 Å². The monoisotopic (exact) mass is 226 g/mol. The first kappa shape index (κ1) is 10.8. The molecule has 6 heteroatoms. The van der Waals surface area contributed by atoms with Crippen LogP contribution in [0.25, 0.3) is 0 Å². The van der Waals surface area contributed by atoms with Crippen molar-refractivity contribution in [1.82, 2.24) is 9.55 Å². The van der Waals surface area contributed by atoms with Gasteiger partial charge in [0.05, 0.1) is 18.6 Å². The predicted molar refractivity (Wildman–Crippen MR) is 51.8 cm³/mol. The van der Waals surface area contributed by atoms with Crippen molar-refractivity contribution in [3.05, 3.63) is 17.7 Å². The lowest BCUT2D eigenvalue weighted by Crippen LogP contribution is -2.14. The largest absolute Gasteiger partial charge is 0.457 e. The minimum Gasteiger partial charge on any atom is -0.457 e. The van der Waals surface area contributed by atoms with Gasteiger partial charge in [-0.3, -0.25) is 9.59 Å². The summed E-state index contributed by atoms with van der Waals surface area (Å²) in [5.74, 6) is -0.911. The molecule has 0 bridgehead atoms. The second kappa shape index (κ2) is 4.03. The number of halogens is 1. The Labute approximate surface area is 91.2 Å². The molecule has 86 valence electrons. The van der Waals surface area contributed by atoms with Crippen molar-refractivity contribution in [2.75, 3.05) is 6.61 Å². The molecule has 16 heavy (non-hydrogen) atoms. The van der Waals surface area contributed by atoms with Crippen molar-refractivity contribution >= 4 is 11.8 Å². The Morgan fingerprint density at radius 3 is 3.12 bits per heavy atom. The maximum atomic E-state index is 13.1. The molecule has 0 fully saturated rings. The Balaban J connectivity index is 2.10. The normalized spacial score (nSPS) is 18.2. The van der Waals surface area contributed by atoms with Crippen LogP contribution in [-0.4, -0.2) is 34.1 Å². The zero-order valence-electron chi connectivity index (χ0n) is 8.77. The maximum Gasteiger partial charge on any atom is 0.303 e. The molecule has 2 rings (SSSR count). The number of hydrogen-bond donors (Lipinski definition) is 0. The number of ether oxygens (including phenoxy) is 1. The molecular formula is C10H11FN2O3. The number of esters is 1. The number of imidazole rings is 1. The average molecular weight is 226 g/mol. The van der Waals surface area contributed by atoms with Gasteiger partial charge in [-0.15, -0.1) is 0 Å². The molecule has 1 aliphatic rings. The third-order valence-electron chi connectivity index (χ3n) is 2.43. The number of Topliss-reactive ketones (excluding diaryl/α,β-unsaturated/α-hetero) is 1. The van der Waals surface area contributed by atoms with E-state index in [0.717, 1.165) is 0 Å². The van der Waals surface area contributed by atoms with Gasteiger partial charge in [0.25, 0.3) is 0 Å². The molecule has 0 unspecified atom stereocenters. The molecule has 1 aliphatic heterocycles. The fourth-order valence-electron chi connectivity index (χ4n) is 1.74. The minimum absolute atomic E-state index is 0.196. The Morgan fingerprint density at radius 1 is 1.69 bits per heavy atom. The quantitative estimate of drug-likeness (QED) is 0.557. The van der Waals surface area contributed by atoms with Crippen molar-refractivity contribution < 1.29 is 18.7 Å². The minimum atomic E-state index is -0.960. The van der Waals surface area contributed by atoms with Gasteiger partial charge in [0.2, 0.25) is 5.78 Å². The van der Waals surface area contributed by atoms with Gasteiger partial charge in [0.1, 0.15) is 11.9 Å². The summed E-state index contributed by atoms with van der Waals surface area (Å²) in [6.45, 7) is 1.13. The summed E-state index contributed by atoms with van der Waals surface area (Å²) in [5, 5.41) is 0. The highest BCUT2D eigenvalue weighted by molar-refractivity contribution is 5.97. The van der Waals surface area contributed by atoms with Crippen LogP contribution >= 0.6 is 0 Å². The Kier molecular flexibility index (Phi) is 2.72. The summed E-state index contributed by atoms with van der Waals surface area (Å²) in [7, 11) is 0. The first-order valence-corrected chi connectivity index (χ1v) is 4.92. The summed E-state index contributed by atoms with van der Waals surface area (Å²) in [5.41, 5.74) is 0.797. The van der Waals surface area contributed by atoms with Crippen molar-refractivity contribution in [2.45, 2.75) is 26.1 Å². The van der Waals surface area contributed by atoms with Crippen LogP contribution in [0, 0.1) is 0 Å². The van der Waals surface area contributed by atoms with Crippen LogP contribution in [-0.2, 0) is 22.5 Å². The average Bonchev–Trinajstić information content (AvgIpc) is 2.72. The predicted octanol–water partition coefficient (Wildman–Crippen LogP) is 0.523. The van der Waals surface area contributed by atoms with E-state index >= 15 is 0 Å². The van der Waals surface area contributed by atoms with Gasteiger partial charge in [-0.2, -0.15) is 0 Å². The summed E-state index contributed by atoms with van der Waals surface area (Å²) in [4.78, 5) is 26.1. The van der Waals surface area contributed by atoms with Gasteiger partial charge >= 0.3 is 5.97 Å². The third kappa shape index (κ3) is 1.95. The summed E-state index contributed by atoms with van der Waals surface area (Å²) in [6.07, 6.45) is 0.676. The number of fused-ring (bicyclic) bond motifs is 1. The lowest BCUT2D eigenvalue weighted by Gasteiger charge is -2.00. The molecule has 0 saturated heterocycles. The topological polar surface area (TPSA) is 61.2 Å². The highest BCUT2D eigenvalue weighted by Gasteiger charge is 2.27. The van der Waals surface area contributed by atoms with E-state index in [-0.39, 0.29) is 25.3 Å². The molecule has 0 radical (unpaired) electrons.